The highest BCUT2D eigenvalue weighted by molar-refractivity contribution is 5.87. The van der Waals surface area contributed by atoms with Crippen LogP contribution in [0.2, 0.25) is 0 Å². The lowest BCUT2D eigenvalue weighted by atomic mass is 10.1. The maximum Gasteiger partial charge on any atom is 0.324 e. The van der Waals surface area contributed by atoms with Crippen LogP contribution < -0.4 is 0 Å². The highest BCUT2D eigenvalue weighted by Gasteiger charge is 2.13. The first-order valence-corrected chi connectivity index (χ1v) is 3.09. The summed E-state index contributed by atoms with van der Waals surface area (Å²) in [5.74, 6) is -1.86. The van der Waals surface area contributed by atoms with Crippen molar-refractivity contribution in [2.75, 3.05) is 0 Å². The molecule has 0 atom stereocenters. The van der Waals surface area contributed by atoms with Crippen LogP contribution in [0.5, 0.6) is 0 Å². The minimum Gasteiger partial charge on any atom is -0.393 e. The largest absolute Gasteiger partial charge is 0.393 e. The van der Waals surface area contributed by atoms with Gasteiger partial charge in [-0.2, -0.15) is 0 Å². The molecule has 0 aliphatic rings. The van der Waals surface area contributed by atoms with E-state index >= 15 is 0 Å². The monoisotopic (exact) mass is 154 g/mol. The van der Waals surface area contributed by atoms with Crippen molar-refractivity contribution >= 4 is 11.9 Å². The highest BCUT2D eigenvalue weighted by atomic mass is 16.6. The fourth-order valence-corrected chi connectivity index (χ4v) is 0.498. The lowest BCUT2D eigenvalue weighted by molar-refractivity contribution is -0.159. The molecule has 0 aliphatic heterocycles. The first-order chi connectivity index (χ1) is 5.11. The second-order valence-corrected chi connectivity index (χ2v) is 1.91. The number of rotatable bonds is 3. The van der Waals surface area contributed by atoms with Crippen LogP contribution in [0.25, 0.3) is 0 Å². The lowest BCUT2D eigenvalue weighted by Crippen LogP contribution is -2.16. The lowest BCUT2D eigenvalue weighted by Gasteiger charge is -2.03. The van der Waals surface area contributed by atoms with Crippen molar-refractivity contribution in [1.82, 2.24) is 0 Å². The van der Waals surface area contributed by atoms with Gasteiger partial charge in [-0.05, 0) is 0 Å². The molecule has 0 radical (unpaired) electrons. The summed E-state index contributed by atoms with van der Waals surface area (Å²) in [6.45, 7) is 7.92. The smallest absolute Gasteiger partial charge is 0.324 e. The zero-order valence-electron chi connectivity index (χ0n) is 6.37. The average Bonchev–Trinajstić information content (AvgIpc) is 1.88. The van der Waals surface area contributed by atoms with Crippen molar-refractivity contribution in [1.29, 1.82) is 0 Å². The summed E-state index contributed by atoms with van der Waals surface area (Å²) in [5.41, 5.74) is 0. The second kappa shape index (κ2) is 4.44. The van der Waals surface area contributed by atoms with Gasteiger partial charge in [0.05, 0.1) is 5.92 Å². The molecule has 0 bridgehead atoms. The van der Waals surface area contributed by atoms with Gasteiger partial charge in [0.15, 0.2) is 0 Å². The van der Waals surface area contributed by atoms with E-state index in [0.717, 1.165) is 0 Å². The van der Waals surface area contributed by atoms with E-state index in [9.17, 15) is 9.59 Å². The van der Waals surface area contributed by atoms with Gasteiger partial charge in [0.1, 0.15) is 0 Å². The van der Waals surface area contributed by atoms with E-state index in [2.05, 4.69) is 17.9 Å². The third-order valence-corrected chi connectivity index (χ3v) is 1.02. The molecule has 0 heterocycles. The molecule has 0 aliphatic carbocycles. The molecule has 3 nitrogen and oxygen atoms in total. The number of carbonyl (C=O) groups is 2. The molecular formula is C8H10O3. The van der Waals surface area contributed by atoms with Crippen LogP contribution >= 0.6 is 0 Å². The summed E-state index contributed by atoms with van der Waals surface area (Å²) in [4.78, 5) is 21.1. The Morgan fingerprint density at radius 2 is 1.82 bits per heavy atom. The van der Waals surface area contributed by atoms with Crippen molar-refractivity contribution in [2.45, 2.75) is 6.92 Å². The number of hydrogen-bond acceptors (Lipinski definition) is 3. The predicted molar refractivity (Wildman–Crippen MR) is 40.7 cm³/mol. The van der Waals surface area contributed by atoms with Crippen LogP contribution in [0.4, 0.5) is 0 Å². The van der Waals surface area contributed by atoms with Crippen molar-refractivity contribution in [2.24, 2.45) is 5.92 Å². The molecule has 0 aromatic heterocycles. The number of hydrogen-bond donors (Lipinski definition) is 0. The fourth-order valence-electron chi connectivity index (χ4n) is 0.498. The zero-order chi connectivity index (χ0) is 8.85. The molecule has 0 rings (SSSR count). The van der Waals surface area contributed by atoms with Crippen LogP contribution in [0, 0.1) is 5.92 Å². The summed E-state index contributed by atoms with van der Waals surface area (Å²) in [6, 6.07) is 0. The van der Waals surface area contributed by atoms with Crippen LogP contribution in [0.3, 0.4) is 0 Å². The second-order valence-electron chi connectivity index (χ2n) is 1.91. The van der Waals surface area contributed by atoms with Gasteiger partial charge in [-0.3, -0.25) is 9.59 Å². The maximum absolute atomic E-state index is 10.8. The maximum atomic E-state index is 10.8. The van der Waals surface area contributed by atoms with E-state index in [4.69, 9.17) is 0 Å². The first kappa shape index (κ1) is 9.62. The summed E-state index contributed by atoms with van der Waals surface area (Å²) >= 11 is 0. The van der Waals surface area contributed by atoms with E-state index in [1.807, 2.05) is 0 Å². The third kappa shape index (κ3) is 3.35. The highest BCUT2D eigenvalue weighted by Crippen LogP contribution is 2.01. The van der Waals surface area contributed by atoms with Crippen molar-refractivity contribution in [3.8, 4) is 0 Å². The molecule has 0 amide bonds. The third-order valence-electron chi connectivity index (χ3n) is 1.02. The van der Waals surface area contributed by atoms with Crippen LogP contribution in [0.1, 0.15) is 6.92 Å². The Morgan fingerprint density at radius 1 is 1.36 bits per heavy atom. The molecule has 0 unspecified atom stereocenters. The molecule has 0 fully saturated rings. The van der Waals surface area contributed by atoms with E-state index in [1.54, 1.807) is 0 Å². The predicted octanol–water partition coefficient (Wildman–Crippen LogP) is 1.06. The first-order valence-electron chi connectivity index (χ1n) is 3.09. The van der Waals surface area contributed by atoms with Crippen molar-refractivity contribution in [3.05, 3.63) is 25.3 Å². The van der Waals surface area contributed by atoms with Gasteiger partial charge in [-0.25, -0.2) is 0 Å². The fraction of sp³-hybridized carbons (Fsp3) is 0.250. The summed E-state index contributed by atoms with van der Waals surface area (Å²) in [6.07, 6.45) is 2.72. The molecular weight excluding hydrogens is 144 g/mol. The van der Waals surface area contributed by atoms with Gasteiger partial charge in [0.25, 0.3) is 0 Å². The van der Waals surface area contributed by atoms with Gasteiger partial charge < -0.3 is 4.74 Å². The summed E-state index contributed by atoms with van der Waals surface area (Å²) in [7, 11) is 0. The Kier molecular flexibility index (Phi) is 3.88. The quantitative estimate of drug-likeness (QED) is 0.347. The molecule has 11 heavy (non-hydrogen) atoms. The molecule has 0 N–H and O–H groups in total. The number of esters is 2. The minimum atomic E-state index is -0.637. The molecule has 0 saturated heterocycles. The summed E-state index contributed by atoms with van der Waals surface area (Å²) in [5, 5.41) is 0. The molecule has 60 valence electrons. The zero-order valence-corrected chi connectivity index (χ0v) is 6.37. The number of ether oxygens (including phenoxy) is 1. The van der Waals surface area contributed by atoms with Gasteiger partial charge in [-0.1, -0.05) is 12.2 Å². The molecule has 0 aromatic carbocycles. The van der Waals surface area contributed by atoms with E-state index in [-0.39, 0.29) is 0 Å². The van der Waals surface area contributed by atoms with Gasteiger partial charge in [-0.15, -0.1) is 13.2 Å². The number of carbonyl (C=O) groups excluding carboxylic acids is 2. The van der Waals surface area contributed by atoms with Crippen LogP contribution in [-0.2, 0) is 14.3 Å². The average molecular weight is 154 g/mol. The molecule has 3 heteroatoms. The summed E-state index contributed by atoms with van der Waals surface area (Å²) < 4.78 is 4.27. The van der Waals surface area contributed by atoms with Crippen molar-refractivity contribution < 1.29 is 14.3 Å². The van der Waals surface area contributed by atoms with Crippen LogP contribution in [-0.4, -0.2) is 11.9 Å². The SMILES string of the molecule is C=CC(C=C)C(=O)OC(C)=O. The Labute approximate surface area is 65.4 Å². The van der Waals surface area contributed by atoms with Gasteiger partial charge in [0, 0.05) is 6.92 Å². The Morgan fingerprint density at radius 3 is 2.09 bits per heavy atom. The van der Waals surface area contributed by atoms with Gasteiger partial charge in [0.2, 0.25) is 0 Å². The Balaban J connectivity index is 4.10. The van der Waals surface area contributed by atoms with Gasteiger partial charge >= 0.3 is 11.9 Å². The normalized spacial score (nSPS) is 8.91. The Bertz CT molecular complexity index is 186. The molecule has 0 spiro atoms. The standard InChI is InChI=1S/C8H10O3/c1-4-7(5-2)8(10)11-6(3)9/h4-5,7H,1-2H2,3H3. The van der Waals surface area contributed by atoms with Crippen molar-refractivity contribution in [3.63, 3.8) is 0 Å². The van der Waals surface area contributed by atoms with E-state index in [1.165, 1.54) is 19.1 Å². The van der Waals surface area contributed by atoms with Crippen LogP contribution in [0.15, 0.2) is 25.3 Å². The Hall–Kier alpha value is -1.38. The van der Waals surface area contributed by atoms with E-state index in [0.29, 0.717) is 0 Å². The molecule has 0 aromatic rings. The molecule has 0 saturated carbocycles. The topological polar surface area (TPSA) is 43.4 Å². The minimum absolute atomic E-state index is 0.598. The van der Waals surface area contributed by atoms with E-state index < -0.39 is 17.9 Å².